The summed E-state index contributed by atoms with van der Waals surface area (Å²) < 4.78 is 6.25. The monoisotopic (exact) mass is 310 g/mol. The van der Waals surface area contributed by atoms with E-state index in [9.17, 15) is 9.59 Å². The molecule has 5 nitrogen and oxygen atoms in total. The first-order valence-electron chi connectivity index (χ1n) is 5.63. The van der Waals surface area contributed by atoms with Gasteiger partial charge in [0.2, 0.25) is 5.91 Å². The Morgan fingerprint density at radius 1 is 1.35 bits per heavy atom. The minimum Gasteiger partial charge on any atom is -0.464 e. The van der Waals surface area contributed by atoms with E-state index in [0.29, 0.717) is 15.5 Å². The lowest BCUT2D eigenvalue weighted by molar-refractivity contribution is -0.116. The minimum absolute atomic E-state index is 0.269. The van der Waals surface area contributed by atoms with Gasteiger partial charge in [0.25, 0.3) is 0 Å². The van der Waals surface area contributed by atoms with Crippen molar-refractivity contribution < 1.29 is 14.3 Å². The molecule has 2 rings (SSSR count). The van der Waals surface area contributed by atoms with Crippen LogP contribution in [0, 0.1) is 0 Å². The lowest BCUT2D eigenvalue weighted by atomic mass is 10.3. The molecule has 0 atom stereocenters. The zero-order chi connectivity index (χ0) is 14.7. The molecule has 0 aliphatic rings. The number of hydrogen-bond donors (Lipinski definition) is 0. The van der Waals surface area contributed by atoms with Crippen LogP contribution >= 0.6 is 22.9 Å². The summed E-state index contributed by atoms with van der Waals surface area (Å²) in [7, 11) is 1.29. The van der Waals surface area contributed by atoms with Crippen LogP contribution in [0.15, 0.2) is 34.6 Å². The predicted molar refractivity (Wildman–Crippen MR) is 76.2 cm³/mol. The Labute approximate surface area is 124 Å². The Morgan fingerprint density at radius 3 is 2.65 bits per heavy atom. The van der Waals surface area contributed by atoms with Gasteiger partial charge in [-0.25, -0.2) is 4.79 Å². The van der Waals surface area contributed by atoms with Gasteiger partial charge in [0.05, 0.1) is 17.8 Å². The van der Waals surface area contributed by atoms with Crippen molar-refractivity contribution in [2.24, 2.45) is 4.99 Å². The third-order valence-corrected chi connectivity index (χ3v) is 3.59. The Bertz CT molecular complexity index is 733. The molecule has 0 N–H and O–H groups in total. The Kier molecular flexibility index (Phi) is 4.36. The fourth-order valence-electron chi connectivity index (χ4n) is 1.64. The lowest BCUT2D eigenvalue weighted by Crippen LogP contribution is -2.20. The highest BCUT2D eigenvalue weighted by molar-refractivity contribution is 7.07. The van der Waals surface area contributed by atoms with E-state index >= 15 is 0 Å². The smallest absolute Gasteiger partial charge is 0.355 e. The van der Waals surface area contributed by atoms with Crippen LogP contribution in [0.1, 0.15) is 17.4 Å². The molecule has 1 aromatic heterocycles. The second-order valence-electron chi connectivity index (χ2n) is 3.81. The Morgan fingerprint density at radius 2 is 2.05 bits per heavy atom. The molecule has 20 heavy (non-hydrogen) atoms. The third-order valence-electron chi connectivity index (χ3n) is 2.45. The van der Waals surface area contributed by atoms with Gasteiger partial charge in [-0.05, 0) is 12.1 Å². The number of aromatic nitrogens is 1. The van der Waals surface area contributed by atoms with Gasteiger partial charge in [-0.2, -0.15) is 4.99 Å². The molecule has 0 bridgehead atoms. The number of amides is 1. The maximum Gasteiger partial charge on any atom is 0.355 e. The number of thiazole rings is 1. The van der Waals surface area contributed by atoms with Crippen molar-refractivity contribution in [2.45, 2.75) is 6.92 Å². The zero-order valence-corrected chi connectivity index (χ0v) is 12.4. The van der Waals surface area contributed by atoms with Crippen LogP contribution in [0.5, 0.6) is 0 Å². The second kappa shape index (κ2) is 6.02. The van der Waals surface area contributed by atoms with Crippen molar-refractivity contribution in [3.05, 3.63) is 45.2 Å². The number of carbonyl (C=O) groups excluding carboxylic acids is 2. The van der Waals surface area contributed by atoms with Gasteiger partial charge < -0.3 is 4.74 Å². The first-order valence-corrected chi connectivity index (χ1v) is 6.89. The number of halogens is 1. The first kappa shape index (κ1) is 14.5. The van der Waals surface area contributed by atoms with E-state index in [0.717, 1.165) is 0 Å². The molecule has 7 heteroatoms. The summed E-state index contributed by atoms with van der Waals surface area (Å²) in [4.78, 5) is 27.3. The van der Waals surface area contributed by atoms with E-state index in [1.54, 1.807) is 29.6 Å². The lowest BCUT2D eigenvalue weighted by Gasteiger charge is -2.08. The summed E-state index contributed by atoms with van der Waals surface area (Å²) >= 11 is 7.32. The van der Waals surface area contributed by atoms with E-state index < -0.39 is 5.97 Å². The Balaban J connectivity index is 2.77. The molecule has 0 fully saturated rings. The summed E-state index contributed by atoms with van der Waals surface area (Å²) in [6.45, 7) is 1.34. The first-order chi connectivity index (χ1) is 9.54. The standard InChI is InChI=1S/C13H11ClN2O3S/c1-8(17)15-13-16(10-6-4-3-5-9(10)14)11(7-20-13)12(18)19-2/h3-7H,1-2H3/b15-13-. The van der Waals surface area contributed by atoms with E-state index in [4.69, 9.17) is 16.3 Å². The van der Waals surface area contributed by atoms with Gasteiger partial charge in [-0.15, -0.1) is 11.3 Å². The molecule has 1 heterocycles. The molecule has 104 valence electrons. The van der Waals surface area contributed by atoms with E-state index in [1.807, 2.05) is 0 Å². The summed E-state index contributed by atoms with van der Waals surface area (Å²) in [5.41, 5.74) is 0.835. The van der Waals surface area contributed by atoms with Crippen molar-refractivity contribution in [1.29, 1.82) is 0 Å². The maximum atomic E-state index is 11.8. The molecular weight excluding hydrogens is 300 g/mol. The molecule has 0 spiro atoms. The molecule has 0 aliphatic heterocycles. The summed E-state index contributed by atoms with van der Waals surface area (Å²) in [6.07, 6.45) is 0. The van der Waals surface area contributed by atoms with Crippen molar-refractivity contribution in [1.82, 2.24) is 4.57 Å². The highest BCUT2D eigenvalue weighted by Crippen LogP contribution is 2.21. The van der Waals surface area contributed by atoms with Gasteiger partial charge in [-0.1, -0.05) is 23.7 Å². The highest BCUT2D eigenvalue weighted by atomic mass is 35.5. The number of methoxy groups -OCH3 is 1. The van der Waals surface area contributed by atoms with Crippen LogP contribution < -0.4 is 4.80 Å². The number of hydrogen-bond acceptors (Lipinski definition) is 4. The molecule has 0 saturated heterocycles. The Hall–Kier alpha value is -1.92. The normalized spacial score (nSPS) is 11.4. The number of ether oxygens (including phenoxy) is 1. The third kappa shape index (κ3) is 2.81. The fourth-order valence-corrected chi connectivity index (χ4v) is 2.76. The average Bonchev–Trinajstić information content (AvgIpc) is 2.81. The van der Waals surface area contributed by atoms with Gasteiger partial charge in [0, 0.05) is 12.3 Å². The molecule has 1 amide bonds. The quantitative estimate of drug-likeness (QED) is 0.800. The predicted octanol–water partition coefficient (Wildman–Crippen LogP) is 2.43. The summed E-state index contributed by atoms with van der Waals surface area (Å²) in [5.74, 6) is -0.879. The summed E-state index contributed by atoms with van der Waals surface area (Å²) in [5, 5.41) is 2.03. The number of rotatable bonds is 2. The van der Waals surface area contributed by atoms with Crippen LogP contribution in [-0.2, 0) is 9.53 Å². The molecule has 0 unspecified atom stereocenters. The maximum absolute atomic E-state index is 11.8. The van der Waals surface area contributed by atoms with E-state index in [-0.39, 0.29) is 11.6 Å². The molecule has 2 aromatic rings. The van der Waals surface area contributed by atoms with Gasteiger partial charge >= 0.3 is 5.97 Å². The van der Waals surface area contributed by atoms with Crippen LogP contribution in [0.3, 0.4) is 0 Å². The molecule has 0 radical (unpaired) electrons. The fraction of sp³-hybridized carbons (Fsp3) is 0.154. The molecule has 0 aliphatic carbocycles. The number of para-hydroxylation sites is 1. The van der Waals surface area contributed by atoms with E-state index in [1.165, 1.54) is 29.9 Å². The van der Waals surface area contributed by atoms with Crippen LogP contribution in [0.2, 0.25) is 5.02 Å². The second-order valence-corrected chi connectivity index (χ2v) is 5.06. The SMILES string of the molecule is COC(=O)c1cs/c(=N\C(C)=O)n1-c1ccccc1Cl. The highest BCUT2D eigenvalue weighted by Gasteiger charge is 2.17. The number of nitrogens with zero attached hydrogens (tertiary/aromatic N) is 2. The molecule has 0 saturated carbocycles. The number of carbonyl (C=O) groups is 2. The van der Waals surface area contributed by atoms with Gasteiger partial charge in [0.15, 0.2) is 4.80 Å². The number of esters is 1. The summed E-state index contributed by atoms with van der Waals surface area (Å²) in [6, 6.07) is 6.99. The van der Waals surface area contributed by atoms with Crippen molar-refractivity contribution >= 4 is 34.8 Å². The largest absolute Gasteiger partial charge is 0.464 e. The minimum atomic E-state index is -0.522. The molecule has 1 aromatic carbocycles. The number of benzene rings is 1. The average molecular weight is 311 g/mol. The van der Waals surface area contributed by atoms with E-state index in [2.05, 4.69) is 4.99 Å². The van der Waals surface area contributed by atoms with Gasteiger partial charge in [0.1, 0.15) is 5.69 Å². The van der Waals surface area contributed by atoms with Gasteiger partial charge in [-0.3, -0.25) is 9.36 Å². The topological polar surface area (TPSA) is 60.7 Å². The van der Waals surface area contributed by atoms with Crippen LogP contribution in [-0.4, -0.2) is 23.6 Å². The van der Waals surface area contributed by atoms with Crippen molar-refractivity contribution in [3.63, 3.8) is 0 Å². The van der Waals surface area contributed by atoms with Crippen molar-refractivity contribution in [3.8, 4) is 5.69 Å². The van der Waals surface area contributed by atoms with Crippen LogP contribution in [0.25, 0.3) is 5.69 Å². The van der Waals surface area contributed by atoms with Crippen molar-refractivity contribution in [2.75, 3.05) is 7.11 Å². The molecular formula is C13H11ClN2O3S. The van der Waals surface area contributed by atoms with Crippen LogP contribution in [0.4, 0.5) is 0 Å². The zero-order valence-electron chi connectivity index (χ0n) is 10.8.